The molecule has 0 saturated carbocycles. The lowest BCUT2D eigenvalue weighted by molar-refractivity contribution is 0.425. The van der Waals surface area contributed by atoms with Crippen LogP contribution in [0.5, 0.6) is 11.5 Å². The third-order valence-corrected chi connectivity index (χ3v) is 7.38. The monoisotopic (exact) mass is 365 g/mol. The zero-order valence-electron chi connectivity index (χ0n) is 18.1. The summed E-state index contributed by atoms with van der Waals surface area (Å²) in [4.78, 5) is 2.26. The summed E-state index contributed by atoms with van der Waals surface area (Å²) in [6.07, 6.45) is 4.52. The van der Waals surface area contributed by atoms with Crippen molar-refractivity contribution in [3.8, 4) is 11.5 Å². The number of hydrogen-bond donors (Lipinski definition) is 0. The summed E-state index contributed by atoms with van der Waals surface area (Å²) in [7, 11) is 2.14. The van der Waals surface area contributed by atoms with E-state index in [1.54, 1.807) is 0 Å². The number of ether oxygens (including phenoxy) is 1. The number of fused-ring (bicyclic) bond motifs is 2. The van der Waals surface area contributed by atoms with Crippen molar-refractivity contribution in [3.63, 3.8) is 0 Å². The van der Waals surface area contributed by atoms with Gasteiger partial charge in [-0.3, -0.25) is 0 Å². The minimum Gasteiger partial charge on any atom is -0.453 e. The van der Waals surface area contributed by atoms with E-state index < -0.39 is 0 Å². The number of rotatable bonds is 6. The summed E-state index contributed by atoms with van der Waals surface area (Å²) >= 11 is 0. The van der Waals surface area contributed by atoms with Crippen LogP contribution in [-0.2, 0) is 10.8 Å². The molecular weight excluding hydrogens is 330 g/mol. The summed E-state index contributed by atoms with van der Waals surface area (Å²) in [6, 6.07) is 13.5. The fraction of sp³-hybridized carbons (Fsp3) is 0.520. The first kappa shape index (κ1) is 19.8. The molecule has 3 rings (SSSR count). The van der Waals surface area contributed by atoms with Crippen LogP contribution in [0.15, 0.2) is 36.4 Å². The molecule has 0 N–H and O–H groups in total. The quantitative estimate of drug-likeness (QED) is 0.519. The standard InChI is InChI=1S/C25H35NO/c1-8-24(5,9-2)18-12-14-20-22(16-18)27-23-17-19(25(6,10-3)11-4)13-15-21(23)26(20)7/h12-17H,8-11H2,1-7H3. The van der Waals surface area contributed by atoms with E-state index in [1.165, 1.54) is 11.1 Å². The molecule has 27 heavy (non-hydrogen) atoms. The molecule has 0 spiro atoms. The molecule has 0 atom stereocenters. The second-order valence-corrected chi connectivity index (χ2v) is 8.56. The molecule has 1 heterocycles. The highest BCUT2D eigenvalue weighted by molar-refractivity contribution is 5.78. The Bertz CT molecular complexity index is 748. The van der Waals surface area contributed by atoms with Gasteiger partial charge < -0.3 is 9.64 Å². The Kier molecular flexibility index (Phi) is 5.29. The topological polar surface area (TPSA) is 12.5 Å². The highest BCUT2D eigenvalue weighted by Crippen LogP contribution is 2.49. The van der Waals surface area contributed by atoms with Crippen LogP contribution in [-0.4, -0.2) is 7.05 Å². The Balaban J connectivity index is 2.04. The van der Waals surface area contributed by atoms with Gasteiger partial charge in [-0.1, -0.05) is 53.7 Å². The van der Waals surface area contributed by atoms with Gasteiger partial charge in [0.1, 0.15) is 0 Å². The van der Waals surface area contributed by atoms with Gasteiger partial charge in [0.2, 0.25) is 0 Å². The molecule has 0 aliphatic carbocycles. The molecule has 0 amide bonds. The summed E-state index contributed by atoms with van der Waals surface area (Å²) in [5, 5.41) is 0. The lowest BCUT2D eigenvalue weighted by atomic mass is 9.77. The highest BCUT2D eigenvalue weighted by atomic mass is 16.5. The minimum atomic E-state index is 0.197. The van der Waals surface area contributed by atoms with E-state index in [-0.39, 0.29) is 10.8 Å². The maximum Gasteiger partial charge on any atom is 0.151 e. The molecule has 0 unspecified atom stereocenters. The second kappa shape index (κ2) is 7.22. The molecule has 2 heteroatoms. The van der Waals surface area contributed by atoms with E-state index in [0.29, 0.717) is 0 Å². The predicted molar refractivity (Wildman–Crippen MR) is 117 cm³/mol. The van der Waals surface area contributed by atoms with Crippen molar-refractivity contribution >= 4 is 11.4 Å². The molecule has 2 aromatic carbocycles. The van der Waals surface area contributed by atoms with E-state index in [2.05, 4.69) is 89.9 Å². The second-order valence-electron chi connectivity index (χ2n) is 8.56. The van der Waals surface area contributed by atoms with Crippen LogP contribution in [0.25, 0.3) is 0 Å². The molecular formula is C25H35NO. The molecule has 0 radical (unpaired) electrons. The Labute approximate surface area is 165 Å². The van der Waals surface area contributed by atoms with Gasteiger partial charge in [-0.05, 0) is 71.9 Å². The summed E-state index contributed by atoms with van der Waals surface area (Å²) in [5.74, 6) is 1.95. The molecule has 0 bridgehead atoms. The molecule has 1 aliphatic heterocycles. The van der Waals surface area contributed by atoms with Crippen molar-refractivity contribution in [2.75, 3.05) is 11.9 Å². The van der Waals surface area contributed by atoms with E-state index in [9.17, 15) is 0 Å². The van der Waals surface area contributed by atoms with Crippen molar-refractivity contribution in [2.45, 2.75) is 78.1 Å². The zero-order chi connectivity index (χ0) is 19.8. The van der Waals surface area contributed by atoms with Gasteiger partial charge >= 0.3 is 0 Å². The highest BCUT2D eigenvalue weighted by Gasteiger charge is 2.29. The van der Waals surface area contributed by atoms with Crippen molar-refractivity contribution in [1.29, 1.82) is 0 Å². The first-order valence-electron chi connectivity index (χ1n) is 10.5. The van der Waals surface area contributed by atoms with Gasteiger partial charge in [0.15, 0.2) is 11.5 Å². The van der Waals surface area contributed by atoms with Crippen LogP contribution in [0.3, 0.4) is 0 Å². The molecule has 1 aliphatic rings. The third kappa shape index (κ3) is 3.24. The van der Waals surface area contributed by atoms with Gasteiger partial charge in [0.25, 0.3) is 0 Å². The minimum absolute atomic E-state index is 0.197. The van der Waals surface area contributed by atoms with Crippen molar-refractivity contribution in [1.82, 2.24) is 0 Å². The molecule has 2 nitrogen and oxygen atoms in total. The number of nitrogens with zero attached hydrogens (tertiary/aromatic N) is 1. The number of benzene rings is 2. The van der Waals surface area contributed by atoms with E-state index in [0.717, 1.165) is 48.6 Å². The van der Waals surface area contributed by atoms with E-state index in [4.69, 9.17) is 4.74 Å². The van der Waals surface area contributed by atoms with Crippen molar-refractivity contribution < 1.29 is 4.74 Å². The van der Waals surface area contributed by atoms with Gasteiger partial charge in [-0.15, -0.1) is 0 Å². The van der Waals surface area contributed by atoms with Crippen LogP contribution >= 0.6 is 0 Å². The third-order valence-electron chi connectivity index (χ3n) is 7.38. The normalized spacial score (nSPS) is 13.8. The zero-order valence-corrected chi connectivity index (χ0v) is 18.1. The Morgan fingerprint density at radius 1 is 0.704 bits per heavy atom. The predicted octanol–water partition coefficient (Wildman–Crippen LogP) is 7.72. The van der Waals surface area contributed by atoms with Gasteiger partial charge in [-0.25, -0.2) is 0 Å². The summed E-state index contributed by atoms with van der Waals surface area (Å²) < 4.78 is 6.46. The fourth-order valence-electron chi connectivity index (χ4n) is 4.06. The maximum absolute atomic E-state index is 6.46. The van der Waals surface area contributed by atoms with Gasteiger partial charge in [0.05, 0.1) is 11.4 Å². The van der Waals surface area contributed by atoms with E-state index >= 15 is 0 Å². The molecule has 146 valence electrons. The van der Waals surface area contributed by atoms with Crippen molar-refractivity contribution in [3.05, 3.63) is 47.5 Å². The van der Waals surface area contributed by atoms with Crippen LogP contribution in [0.4, 0.5) is 11.4 Å². The Morgan fingerprint density at radius 2 is 1.07 bits per heavy atom. The van der Waals surface area contributed by atoms with E-state index in [1.807, 2.05) is 0 Å². The average molecular weight is 366 g/mol. The summed E-state index contributed by atoms with van der Waals surface area (Å²) in [6.45, 7) is 13.8. The first-order valence-corrected chi connectivity index (χ1v) is 10.5. The number of hydrogen-bond acceptors (Lipinski definition) is 2. The molecule has 0 saturated heterocycles. The summed E-state index contributed by atoms with van der Waals surface area (Å²) in [5.41, 5.74) is 5.41. The molecule has 0 aromatic heterocycles. The largest absolute Gasteiger partial charge is 0.453 e. The average Bonchev–Trinajstić information content (AvgIpc) is 2.71. The van der Waals surface area contributed by atoms with Crippen LogP contribution < -0.4 is 9.64 Å². The van der Waals surface area contributed by atoms with Crippen LogP contribution in [0, 0.1) is 0 Å². The Morgan fingerprint density at radius 3 is 1.41 bits per heavy atom. The number of anilines is 2. The SMILES string of the molecule is CCC(C)(CC)c1ccc2c(c1)Oc1cc(C(C)(CC)CC)ccc1N2C. The lowest BCUT2D eigenvalue weighted by Crippen LogP contribution is -2.22. The van der Waals surface area contributed by atoms with Crippen LogP contribution in [0.1, 0.15) is 78.4 Å². The van der Waals surface area contributed by atoms with Crippen LogP contribution in [0.2, 0.25) is 0 Å². The Hall–Kier alpha value is -1.96. The van der Waals surface area contributed by atoms with Gasteiger partial charge in [-0.2, -0.15) is 0 Å². The van der Waals surface area contributed by atoms with Crippen molar-refractivity contribution in [2.24, 2.45) is 0 Å². The lowest BCUT2D eigenvalue weighted by Gasteiger charge is -2.34. The molecule has 2 aromatic rings. The fourth-order valence-corrected chi connectivity index (χ4v) is 4.06. The first-order chi connectivity index (χ1) is 12.8. The maximum atomic E-state index is 6.46. The van der Waals surface area contributed by atoms with Gasteiger partial charge in [0, 0.05) is 7.05 Å². The molecule has 0 fully saturated rings. The smallest absolute Gasteiger partial charge is 0.151 e.